The number of ether oxygens (including phenoxy) is 1. The normalized spacial score (nSPS) is 17.2. The summed E-state index contributed by atoms with van der Waals surface area (Å²) >= 11 is 5.76. The summed E-state index contributed by atoms with van der Waals surface area (Å²) in [5.41, 5.74) is 2.41. The van der Waals surface area contributed by atoms with E-state index in [1.54, 1.807) is 41.2 Å². The minimum Gasteiger partial charge on any atom is -0.375 e. The maximum atomic E-state index is 13.5. The van der Waals surface area contributed by atoms with Gasteiger partial charge >= 0.3 is 6.18 Å². The third kappa shape index (κ3) is 5.50. The molecule has 1 saturated heterocycles. The lowest BCUT2D eigenvalue weighted by Gasteiger charge is -2.29. The van der Waals surface area contributed by atoms with Crippen LogP contribution in [0.5, 0.6) is 0 Å². The molecule has 0 unspecified atom stereocenters. The number of anilines is 2. The molecule has 2 N–H and O–H groups in total. The first kappa shape index (κ1) is 26.4. The first-order valence-electron chi connectivity index (χ1n) is 12.0. The van der Waals surface area contributed by atoms with Gasteiger partial charge in [-0.2, -0.15) is 13.2 Å². The van der Waals surface area contributed by atoms with Gasteiger partial charge in [-0.15, -0.1) is 0 Å². The number of carbonyl (C=O) groups is 1. The van der Waals surface area contributed by atoms with Crippen LogP contribution in [-0.2, 0) is 15.7 Å². The topological polar surface area (TPSA) is 71.4 Å². The number of halogens is 3. The van der Waals surface area contributed by atoms with Crippen molar-refractivity contribution in [2.45, 2.75) is 18.3 Å². The molecule has 2 aromatic carbocycles. The molecule has 2 aromatic heterocycles. The minimum absolute atomic E-state index is 0.0672. The summed E-state index contributed by atoms with van der Waals surface area (Å²) in [6.07, 6.45) is -1.06. The predicted molar refractivity (Wildman–Crippen MR) is 146 cm³/mol. The molecule has 2 atom stereocenters. The summed E-state index contributed by atoms with van der Waals surface area (Å²) in [5.74, 6) is -0.282. The molecule has 0 radical (unpaired) electrons. The zero-order valence-electron chi connectivity index (χ0n) is 20.7. The Hall–Kier alpha value is -4.22. The first-order valence-corrected chi connectivity index (χ1v) is 12.4. The molecule has 5 rings (SSSR count). The summed E-state index contributed by atoms with van der Waals surface area (Å²) in [7, 11) is 1.44. The molecule has 4 aromatic rings. The van der Waals surface area contributed by atoms with Gasteiger partial charge in [-0.25, -0.2) is 0 Å². The molecule has 11 heteroatoms. The number of nitrogens with one attached hydrogen (secondary N) is 2. The number of hydrogen-bond acceptors (Lipinski definition) is 4. The summed E-state index contributed by atoms with van der Waals surface area (Å²) in [5, 5.41) is 6.54. The SMILES string of the molecule is COCC(=O)Nc1ccc(N2C(=S)N[C@@H](c3ccccn3)[C@H]2c2cccn2-c2cccc(C(F)(F)F)c2)cc1. The lowest BCUT2D eigenvalue weighted by molar-refractivity contribution is -0.137. The van der Waals surface area contributed by atoms with Crippen molar-refractivity contribution in [3.05, 3.63) is 108 Å². The Bertz CT molecular complexity index is 1470. The Labute approximate surface area is 228 Å². The predicted octanol–water partition coefficient (Wildman–Crippen LogP) is 5.65. The van der Waals surface area contributed by atoms with E-state index in [1.165, 1.54) is 13.2 Å². The van der Waals surface area contributed by atoms with Gasteiger partial charge in [-0.1, -0.05) is 12.1 Å². The smallest absolute Gasteiger partial charge is 0.375 e. The van der Waals surface area contributed by atoms with Gasteiger partial charge in [-0.3, -0.25) is 9.78 Å². The van der Waals surface area contributed by atoms with Crippen molar-refractivity contribution in [1.82, 2.24) is 14.9 Å². The highest BCUT2D eigenvalue weighted by atomic mass is 32.1. The summed E-state index contributed by atoms with van der Waals surface area (Å²) in [6.45, 7) is -0.0672. The molecular weight excluding hydrogens is 527 g/mol. The van der Waals surface area contributed by atoms with E-state index in [0.29, 0.717) is 16.5 Å². The molecular formula is C28H24F3N5O2S. The van der Waals surface area contributed by atoms with E-state index in [4.69, 9.17) is 17.0 Å². The lowest BCUT2D eigenvalue weighted by Crippen LogP contribution is -2.30. The largest absolute Gasteiger partial charge is 0.416 e. The van der Waals surface area contributed by atoms with Gasteiger partial charge in [0.2, 0.25) is 5.91 Å². The maximum Gasteiger partial charge on any atom is 0.416 e. The van der Waals surface area contributed by atoms with Crippen LogP contribution in [0.3, 0.4) is 0 Å². The fourth-order valence-electron chi connectivity index (χ4n) is 4.67. The number of aromatic nitrogens is 2. The zero-order chi connectivity index (χ0) is 27.6. The van der Waals surface area contributed by atoms with Gasteiger partial charge in [0.25, 0.3) is 0 Å². The monoisotopic (exact) mass is 551 g/mol. The summed E-state index contributed by atoms with van der Waals surface area (Å²) < 4.78 is 47.1. The number of thiocarbonyl (C=S) groups is 1. The van der Waals surface area contributed by atoms with Crippen LogP contribution in [-0.4, -0.2) is 34.3 Å². The van der Waals surface area contributed by atoms with E-state index in [-0.39, 0.29) is 18.6 Å². The second-order valence-electron chi connectivity index (χ2n) is 8.88. The molecule has 1 fully saturated rings. The number of pyridine rings is 1. The van der Waals surface area contributed by atoms with Gasteiger partial charge in [0.1, 0.15) is 12.6 Å². The van der Waals surface area contributed by atoms with Crippen LogP contribution in [0.4, 0.5) is 24.5 Å². The number of hydrogen-bond donors (Lipinski definition) is 2. The Morgan fingerprint density at radius 2 is 1.85 bits per heavy atom. The minimum atomic E-state index is -4.47. The number of carbonyl (C=O) groups excluding carboxylic acids is 1. The van der Waals surface area contributed by atoms with Crippen molar-refractivity contribution in [3.8, 4) is 5.69 Å². The van der Waals surface area contributed by atoms with Crippen molar-refractivity contribution >= 4 is 34.6 Å². The Morgan fingerprint density at radius 3 is 2.54 bits per heavy atom. The van der Waals surface area contributed by atoms with Crippen LogP contribution in [0.15, 0.2) is 91.3 Å². The van der Waals surface area contributed by atoms with Crippen LogP contribution in [0.2, 0.25) is 0 Å². The number of benzene rings is 2. The van der Waals surface area contributed by atoms with E-state index in [1.807, 2.05) is 41.3 Å². The highest BCUT2D eigenvalue weighted by molar-refractivity contribution is 7.80. The molecule has 39 heavy (non-hydrogen) atoms. The quantitative estimate of drug-likeness (QED) is 0.289. The molecule has 7 nitrogen and oxygen atoms in total. The fourth-order valence-corrected chi connectivity index (χ4v) is 5.02. The van der Waals surface area contributed by atoms with Gasteiger partial charge in [0, 0.05) is 42.3 Å². The Morgan fingerprint density at radius 1 is 1.05 bits per heavy atom. The van der Waals surface area contributed by atoms with E-state index in [0.717, 1.165) is 29.2 Å². The van der Waals surface area contributed by atoms with Gasteiger partial charge in [0.05, 0.1) is 17.3 Å². The van der Waals surface area contributed by atoms with Crippen molar-refractivity contribution in [1.29, 1.82) is 0 Å². The third-order valence-electron chi connectivity index (χ3n) is 6.34. The second kappa shape index (κ2) is 10.9. The maximum absolute atomic E-state index is 13.5. The number of nitrogens with zero attached hydrogens (tertiary/aromatic N) is 3. The molecule has 1 aliphatic heterocycles. The van der Waals surface area contributed by atoms with Gasteiger partial charge in [-0.05, 0) is 78.9 Å². The molecule has 0 bridgehead atoms. The zero-order valence-corrected chi connectivity index (χ0v) is 21.5. The van der Waals surface area contributed by atoms with Crippen LogP contribution >= 0.6 is 12.2 Å². The molecule has 3 heterocycles. The van der Waals surface area contributed by atoms with Crippen LogP contribution in [0.25, 0.3) is 5.69 Å². The first-order chi connectivity index (χ1) is 18.8. The van der Waals surface area contributed by atoms with Gasteiger partial charge in [0.15, 0.2) is 5.11 Å². The number of amides is 1. The molecule has 200 valence electrons. The van der Waals surface area contributed by atoms with E-state index in [9.17, 15) is 18.0 Å². The highest BCUT2D eigenvalue weighted by Crippen LogP contribution is 2.42. The highest BCUT2D eigenvalue weighted by Gasteiger charge is 2.42. The van der Waals surface area contributed by atoms with Gasteiger partial charge < -0.3 is 24.8 Å². The van der Waals surface area contributed by atoms with E-state index in [2.05, 4.69) is 15.6 Å². The van der Waals surface area contributed by atoms with E-state index < -0.39 is 17.8 Å². The van der Waals surface area contributed by atoms with Crippen molar-refractivity contribution in [2.75, 3.05) is 23.9 Å². The third-order valence-corrected chi connectivity index (χ3v) is 6.65. The molecule has 0 spiro atoms. The Balaban J connectivity index is 1.57. The Kier molecular flexibility index (Phi) is 7.36. The molecule has 0 saturated carbocycles. The lowest BCUT2D eigenvalue weighted by atomic mass is 10.0. The number of alkyl halides is 3. The van der Waals surface area contributed by atoms with Crippen molar-refractivity contribution in [3.63, 3.8) is 0 Å². The van der Waals surface area contributed by atoms with Crippen molar-refractivity contribution in [2.24, 2.45) is 0 Å². The van der Waals surface area contributed by atoms with Crippen LogP contribution in [0, 0.1) is 0 Å². The molecule has 1 aliphatic rings. The van der Waals surface area contributed by atoms with Crippen molar-refractivity contribution < 1.29 is 22.7 Å². The average Bonchev–Trinajstić information content (AvgIpc) is 3.54. The second-order valence-corrected chi connectivity index (χ2v) is 9.26. The summed E-state index contributed by atoms with van der Waals surface area (Å²) in [6, 6.07) is 20.7. The van der Waals surface area contributed by atoms with Crippen LogP contribution < -0.4 is 15.5 Å². The number of rotatable bonds is 7. The molecule has 1 amide bonds. The van der Waals surface area contributed by atoms with E-state index >= 15 is 0 Å². The summed E-state index contributed by atoms with van der Waals surface area (Å²) in [4.78, 5) is 18.4. The standard InChI is InChI=1S/C28H24F3N5O2S/c1-38-17-24(37)33-19-10-12-20(13-11-19)36-26(25(34-27(36)39)22-8-2-3-14-32-22)23-9-5-15-35(23)21-7-4-6-18(16-21)28(29,30)31/h2-16,25-26H,17H2,1H3,(H,33,37)(H,34,39)/t25-,26+/m0/s1. The van der Waals surface area contributed by atoms with Crippen LogP contribution in [0.1, 0.15) is 29.0 Å². The number of methoxy groups -OCH3 is 1. The fraction of sp³-hybridized carbons (Fsp3) is 0.179. The average molecular weight is 552 g/mol. The molecule has 0 aliphatic carbocycles.